The maximum atomic E-state index is 12.5. The molecule has 1 aromatic carbocycles. The van der Waals surface area contributed by atoms with Gasteiger partial charge in [0.2, 0.25) is 6.10 Å². The van der Waals surface area contributed by atoms with Gasteiger partial charge < -0.3 is 14.2 Å². The van der Waals surface area contributed by atoms with E-state index >= 15 is 0 Å². The van der Waals surface area contributed by atoms with Crippen molar-refractivity contribution < 1.29 is 23.8 Å². The Morgan fingerprint density at radius 2 is 1.69 bits per heavy atom. The van der Waals surface area contributed by atoms with Crippen molar-refractivity contribution >= 4 is 17.7 Å². The van der Waals surface area contributed by atoms with Crippen molar-refractivity contribution in [3.8, 4) is 0 Å². The highest BCUT2D eigenvalue weighted by atomic mass is 16.6. The zero-order chi connectivity index (χ0) is 18.5. The fourth-order valence-corrected chi connectivity index (χ4v) is 3.84. The van der Waals surface area contributed by atoms with Crippen molar-refractivity contribution in [3.63, 3.8) is 0 Å². The largest absolute Gasteiger partial charge is 0.463 e. The Morgan fingerprint density at radius 3 is 2.27 bits per heavy atom. The Kier molecular flexibility index (Phi) is 6.14. The van der Waals surface area contributed by atoms with Gasteiger partial charge in [0, 0.05) is 6.61 Å². The number of carbonyl (C=O) groups is 2. The van der Waals surface area contributed by atoms with Crippen LogP contribution in [0, 0.1) is 0 Å². The summed E-state index contributed by atoms with van der Waals surface area (Å²) in [6, 6.07) is 2.30. The van der Waals surface area contributed by atoms with E-state index < -0.39 is 18.2 Å². The second-order valence-electron chi connectivity index (χ2n) is 6.66. The lowest BCUT2D eigenvalue weighted by atomic mass is 9.99. The molecule has 1 atom stereocenters. The number of benzene rings is 1. The van der Waals surface area contributed by atoms with E-state index in [0.29, 0.717) is 6.61 Å². The molecular weight excluding hydrogens is 334 g/mol. The number of hydrogen-bond acceptors (Lipinski definition) is 5. The summed E-state index contributed by atoms with van der Waals surface area (Å²) >= 11 is 0. The van der Waals surface area contributed by atoms with Crippen LogP contribution < -0.4 is 5.32 Å². The molecular formula is C20H27NO5. The zero-order valence-electron chi connectivity index (χ0n) is 15.6. The number of hydrogen-bond donors (Lipinski definition) is 1. The minimum atomic E-state index is -1.06. The van der Waals surface area contributed by atoms with Crippen LogP contribution in [0.4, 0.5) is 10.5 Å². The van der Waals surface area contributed by atoms with Gasteiger partial charge in [-0.1, -0.05) is 6.07 Å². The molecule has 0 aliphatic heterocycles. The Labute approximate surface area is 154 Å². The fourth-order valence-electron chi connectivity index (χ4n) is 3.84. The highest BCUT2D eigenvalue weighted by Crippen LogP contribution is 2.38. The standard InChI is InChI=1S/C20H27NO5/c1-3-24-12-17(19(22)25-4-2)26-20(23)21-18-15-9-5-7-13(15)11-14-8-6-10-16(14)18/h11,17H,3-10,12H2,1-2H3,(H,21,23)/t17-/m1/s1. The molecule has 0 unspecified atom stereocenters. The first kappa shape index (κ1) is 18.7. The zero-order valence-corrected chi connectivity index (χ0v) is 15.6. The van der Waals surface area contributed by atoms with Crippen molar-refractivity contribution in [1.82, 2.24) is 0 Å². The van der Waals surface area contributed by atoms with Crippen LogP contribution in [-0.4, -0.2) is 38.0 Å². The number of amides is 1. The summed E-state index contributed by atoms with van der Waals surface area (Å²) in [6.45, 7) is 4.19. The normalized spacial score (nSPS) is 15.9. The van der Waals surface area contributed by atoms with Crippen LogP contribution in [0.2, 0.25) is 0 Å². The van der Waals surface area contributed by atoms with Crippen LogP contribution in [-0.2, 0) is 44.7 Å². The topological polar surface area (TPSA) is 73.9 Å². The lowest BCUT2D eigenvalue weighted by Crippen LogP contribution is -2.35. The van der Waals surface area contributed by atoms with Crippen LogP contribution in [0.25, 0.3) is 0 Å². The summed E-state index contributed by atoms with van der Waals surface area (Å²) < 4.78 is 15.6. The van der Waals surface area contributed by atoms with E-state index in [1.165, 1.54) is 22.3 Å². The first-order chi connectivity index (χ1) is 12.6. The number of anilines is 1. The minimum absolute atomic E-state index is 0.00619. The molecule has 2 aliphatic carbocycles. The highest BCUT2D eigenvalue weighted by molar-refractivity contribution is 5.90. The molecule has 2 aliphatic rings. The molecule has 142 valence electrons. The molecule has 1 amide bonds. The molecule has 0 spiro atoms. The fraction of sp³-hybridized carbons (Fsp3) is 0.600. The number of rotatable bonds is 7. The van der Waals surface area contributed by atoms with Gasteiger partial charge in [-0.15, -0.1) is 0 Å². The number of esters is 1. The van der Waals surface area contributed by atoms with Crippen molar-refractivity contribution in [1.29, 1.82) is 0 Å². The van der Waals surface area contributed by atoms with Crippen molar-refractivity contribution in [2.75, 3.05) is 25.1 Å². The number of fused-ring (bicyclic) bond motifs is 2. The monoisotopic (exact) mass is 361 g/mol. The molecule has 3 rings (SSSR count). The second-order valence-corrected chi connectivity index (χ2v) is 6.66. The van der Waals surface area contributed by atoms with Crippen molar-refractivity contribution in [3.05, 3.63) is 28.3 Å². The lowest BCUT2D eigenvalue weighted by Gasteiger charge is -2.19. The summed E-state index contributed by atoms with van der Waals surface area (Å²) in [5.41, 5.74) is 6.01. The summed E-state index contributed by atoms with van der Waals surface area (Å²) in [6.07, 6.45) is 4.59. The van der Waals surface area contributed by atoms with E-state index in [9.17, 15) is 9.59 Å². The van der Waals surface area contributed by atoms with E-state index in [-0.39, 0.29) is 13.2 Å². The third-order valence-electron chi connectivity index (χ3n) is 4.97. The first-order valence-corrected chi connectivity index (χ1v) is 9.52. The predicted molar refractivity (Wildman–Crippen MR) is 97.5 cm³/mol. The van der Waals surface area contributed by atoms with Gasteiger partial charge in [-0.3, -0.25) is 5.32 Å². The SMILES string of the molecule is CCOC[C@@H](OC(=O)Nc1c2c(cc3c1CCC3)CCC2)C(=O)OCC. The Morgan fingerprint density at radius 1 is 1.04 bits per heavy atom. The molecule has 0 aromatic heterocycles. The molecule has 6 heteroatoms. The van der Waals surface area contributed by atoms with E-state index in [2.05, 4.69) is 11.4 Å². The Hall–Kier alpha value is -2.08. The van der Waals surface area contributed by atoms with Gasteiger partial charge in [0.1, 0.15) is 0 Å². The maximum absolute atomic E-state index is 12.5. The summed E-state index contributed by atoms with van der Waals surface area (Å²) in [5.74, 6) is -0.584. The lowest BCUT2D eigenvalue weighted by molar-refractivity contribution is -0.156. The third kappa shape index (κ3) is 4.01. The minimum Gasteiger partial charge on any atom is -0.463 e. The van der Waals surface area contributed by atoms with Crippen LogP contribution in [0.15, 0.2) is 6.07 Å². The van der Waals surface area contributed by atoms with Gasteiger partial charge in [0.05, 0.1) is 18.9 Å². The molecule has 6 nitrogen and oxygen atoms in total. The van der Waals surface area contributed by atoms with Crippen LogP contribution >= 0.6 is 0 Å². The summed E-state index contributed by atoms with van der Waals surface area (Å²) in [7, 11) is 0. The van der Waals surface area contributed by atoms with Gasteiger partial charge >= 0.3 is 12.1 Å². The number of ether oxygens (including phenoxy) is 3. The van der Waals surface area contributed by atoms with Crippen molar-refractivity contribution in [2.24, 2.45) is 0 Å². The summed E-state index contributed by atoms with van der Waals surface area (Å²) in [4.78, 5) is 24.5. The van der Waals surface area contributed by atoms with E-state index in [0.717, 1.165) is 44.2 Å². The Bertz CT molecular complexity index is 653. The molecule has 0 radical (unpaired) electrons. The third-order valence-corrected chi connectivity index (χ3v) is 4.97. The molecule has 0 fully saturated rings. The average Bonchev–Trinajstić information content (AvgIpc) is 3.27. The number of carbonyl (C=O) groups excluding carboxylic acids is 2. The highest BCUT2D eigenvalue weighted by Gasteiger charge is 2.28. The van der Waals surface area contributed by atoms with Crippen LogP contribution in [0.1, 0.15) is 48.9 Å². The van der Waals surface area contributed by atoms with Crippen molar-refractivity contribution in [2.45, 2.75) is 58.5 Å². The molecule has 1 aromatic rings. The quantitative estimate of drug-likeness (QED) is 0.755. The summed E-state index contributed by atoms with van der Waals surface area (Å²) in [5, 5.41) is 2.92. The Balaban J connectivity index is 1.74. The van der Waals surface area contributed by atoms with Crippen LogP contribution in [0.5, 0.6) is 0 Å². The van der Waals surface area contributed by atoms with Gasteiger partial charge in [-0.25, -0.2) is 9.59 Å². The van der Waals surface area contributed by atoms with E-state index in [4.69, 9.17) is 14.2 Å². The van der Waals surface area contributed by atoms with E-state index in [1.807, 2.05) is 6.92 Å². The van der Waals surface area contributed by atoms with Crippen LogP contribution in [0.3, 0.4) is 0 Å². The second kappa shape index (κ2) is 8.54. The van der Waals surface area contributed by atoms with Gasteiger partial charge in [-0.05, 0) is 74.6 Å². The van der Waals surface area contributed by atoms with Gasteiger partial charge in [0.15, 0.2) is 0 Å². The van der Waals surface area contributed by atoms with Gasteiger partial charge in [-0.2, -0.15) is 0 Å². The first-order valence-electron chi connectivity index (χ1n) is 9.52. The number of nitrogens with one attached hydrogen (secondary N) is 1. The molecule has 0 bridgehead atoms. The average molecular weight is 361 g/mol. The van der Waals surface area contributed by atoms with Gasteiger partial charge in [0.25, 0.3) is 0 Å². The number of aryl methyl sites for hydroxylation is 2. The predicted octanol–water partition coefficient (Wildman–Crippen LogP) is 3.18. The van der Waals surface area contributed by atoms with E-state index in [1.54, 1.807) is 6.92 Å². The molecule has 26 heavy (non-hydrogen) atoms. The maximum Gasteiger partial charge on any atom is 0.412 e. The molecule has 1 N–H and O–H groups in total. The smallest absolute Gasteiger partial charge is 0.412 e. The molecule has 0 saturated carbocycles. The molecule has 0 saturated heterocycles. The molecule has 0 heterocycles.